The molecule has 1 aromatic heterocycles. The molecule has 1 fully saturated rings. The molecule has 11 heteroatoms. The minimum atomic E-state index is -1.74. The minimum absolute atomic E-state index is 0.122. The number of carbonyl (C=O) groups excluding carboxylic acids is 4. The van der Waals surface area contributed by atoms with Crippen molar-refractivity contribution < 1.29 is 38.5 Å². The van der Waals surface area contributed by atoms with E-state index in [2.05, 4.69) is 4.98 Å². The zero-order valence-corrected chi connectivity index (χ0v) is 19.7. The van der Waals surface area contributed by atoms with E-state index >= 15 is 0 Å². The predicted molar refractivity (Wildman–Crippen MR) is 130 cm³/mol. The van der Waals surface area contributed by atoms with Gasteiger partial charge in [0.05, 0.1) is 6.61 Å². The van der Waals surface area contributed by atoms with E-state index < -0.39 is 60.7 Å². The van der Waals surface area contributed by atoms with Crippen molar-refractivity contribution in [2.45, 2.75) is 43.2 Å². The van der Waals surface area contributed by atoms with E-state index in [0.29, 0.717) is 0 Å². The Kier molecular flexibility index (Phi) is 7.97. The number of aliphatic hydroxyl groups is 1. The number of esters is 3. The van der Waals surface area contributed by atoms with Gasteiger partial charge in [-0.05, 0) is 23.6 Å². The van der Waals surface area contributed by atoms with E-state index in [1.807, 2.05) is 24.3 Å². The van der Waals surface area contributed by atoms with Crippen LogP contribution in [0.2, 0.25) is 0 Å². The zero-order chi connectivity index (χ0) is 26.5. The molecule has 0 spiro atoms. The molecule has 2 aromatic carbocycles. The summed E-state index contributed by atoms with van der Waals surface area (Å²) < 4.78 is 15.5. The van der Waals surface area contributed by atoms with Crippen molar-refractivity contribution in [1.29, 1.82) is 0 Å². The fraction of sp³-hybridized carbons (Fsp3) is 0.308. The summed E-state index contributed by atoms with van der Waals surface area (Å²) in [5, 5.41) is 10.7. The number of rotatable bonds is 10. The number of nitrogens with two attached hydrogens (primary N) is 2. The largest absolute Gasteiger partial charge is 0.455 e. The Morgan fingerprint density at radius 2 is 1.65 bits per heavy atom. The third-order valence-corrected chi connectivity index (χ3v) is 6.08. The van der Waals surface area contributed by atoms with Gasteiger partial charge in [0.1, 0.15) is 12.1 Å². The van der Waals surface area contributed by atoms with Gasteiger partial charge in [0.25, 0.3) is 5.78 Å². The van der Waals surface area contributed by atoms with E-state index in [4.69, 9.17) is 25.7 Å². The molecule has 0 amide bonds. The van der Waals surface area contributed by atoms with Gasteiger partial charge in [-0.3, -0.25) is 14.4 Å². The molecule has 1 saturated heterocycles. The van der Waals surface area contributed by atoms with Crippen molar-refractivity contribution in [2.24, 2.45) is 11.5 Å². The second-order valence-electron chi connectivity index (χ2n) is 8.72. The molecule has 1 aliphatic rings. The normalized spacial score (nSPS) is 19.8. The highest BCUT2D eigenvalue weighted by atomic mass is 16.6. The first-order valence-electron chi connectivity index (χ1n) is 11.6. The van der Waals surface area contributed by atoms with Crippen molar-refractivity contribution in [2.75, 3.05) is 6.61 Å². The summed E-state index contributed by atoms with van der Waals surface area (Å²) in [5.74, 6) is -4.28. The van der Waals surface area contributed by atoms with Crippen LogP contribution in [0.4, 0.5) is 0 Å². The zero-order valence-electron chi connectivity index (χ0n) is 19.7. The number of aromatic nitrogens is 1. The van der Waals surface area contributed by atoms with Crippen LogP contribution in [0.15, 0.2) is 60.8 Å². The van der Waals surface area contributed by atoms with Gasteiger partial charge in [-0.2, -0.15) is 0 Å². The molecule has 37 heavy (non-hydrogen) atoms. The monoisotopic (exact) mass is 509 g/mol. The van der Waals surface area contributed by atoms with Crippen molar-refractivity contribution >= 4 is 34.6 Å². The fourth-order valence-electron chi connectivity index (χ4n) is 4.13. The first-order chi connectivity index (χ1) is 17.8. The number of H-pyrrole nitrogens is 1. The van der Waals surface area contributed by atoms with Crippen LogP contribution in [0.3, 0.4) is 0 Å². The van der Waals surface area contributed by atoms with Gasteiger partial charge < -0.3 is 35.8 Å². The van der Waals surface area contributed by atoms with Crippen LogP contribution in [0.25, 0.3) is 10.9 Å². The number of hydrogen-bond acceptors (Lipinski definition) is 10. The number of Topliss-reactive ketones (excluding diaryl/α,β-unsaturated/α-hetero) is 1. The number of hydrogen-bond donors (Lipinski definition) is 4. The van der Waals surface area contributed by atoms with E-state index in [-0.39, 0.29) is 12.8 Å². The van der Waals surface area contributed by atoms with Gasteiger partial charge in [-0.1, -0.05) is 48.5 Å². The number of ketones is 1. The Morgan fingerprint density at radius 1 is 0.973 bits per heavy atom. The summed E-state index contributed by atoms with van der Waals surface area (Å²) in [6.45, 7) is -0.819. The fourth-order valence-corrected chi connectivity index (χ4v) is 4.13. The average molecular weight is 510 g/mol. The highest BCUT2D eigenvalue weighted by Gasteiger charge is 2.51. The SMILES string of the molecule is N[C@@H](Cc1ccccc1)C(=O)OC1C(=O)C(=O)O[C@@H]1[C@H](CO)OC(=O)[C@@H](N)Cc1c[nH]c2ccccc12. The molecule has 0 saturated carbocycles. The Bertz CT molecular complexity index is 1290. The molecule has 194 valence electrons. The quantitative estimate of drug-likeness (QED) is 0.164. The van der Waals surface area contributed by atoms with Crippen molar-refractivity contribution in [3.8, 4) is 0 Å². The molecule has 11 nitrogen and oxygen atoms in total. The average Bonchev–Trinajstić information content (AvgIpc) is 3.43. The molecule has 0 aliphatic carbocycles. The maximum atomic E-state index is 12.7. The molecule has 3 aromatic rings. The topological polar surface area (TPSA) is 184 Å². The second kappa shape index (κ2) is 11.3. The summed E-state index contributed by atoms with van der Waals surface area (Å²) in [4.78, 5) is 52.7. The second-order valence-corrected chi connectivity index (χ2v) is 8.72. The highest BCUT2D eigenvalue weighted by molar-refractivity contribution is 6.37. The maximum Gasteiger partial charge on any atom is 0.379 e. The van der Waals surface area contributed by atoms with Crippen LogP contribution in [-0.2, 0) is 46.2 Å². The van der Waals surface area contributed by atoms with Crippen LogP contribution < -0.4 is 11.5 Å². The summed E-state index contributed by atoms with van der Waals surface area (Å²) in [5.41, 5.74) is 14.4. The molecule has 4 rings (SSSR count). The smallest absolute Gasteiger partial charge is 0.379 e. The van der Waals surface area contributed by atoms with E-state index in [9.17, 15) is 24.3 Å². The third kappa shape index (κ3) is 5.85. The highest BCUT2D eigenvalue weighted by Crippen LogP contribution is 2.23. The number of para-hydroxylation sites is 1. The van der Waals surface area contributed by atoms with Crippen molar-refractivity contribution in [3.63, 3.8) is 0 Å². The van der Waals surface area contributed by atoms with Gasteiger partial charge >= 0.3 is 17.9 Å². The summed E-state index contributed by atoms with van der Waals surface area (Å²) >= 11 is 0. The summed E-state index contributed by atoms with van der Waals surface area (Å²) in [6, 6.07) is 14.1. The van der Waals surface area contributed by atoms with E-state index in [1.54, 1.807) is 36.5 Å². The van der Waals surface area contributed by atoms with Gasteiger partial charge in [-0.15, -0.1) is 0 Å². The lowest BCUT2D eigenvalue weighted by Gasteiger charge is -2.26. The van der Waals surface area contributed by atoms with Gasteiger partial charge in [0.2, 0.25) is 6.10 Å². The van der Waals surface area contributed by atoms with Crippen LogP contribution >= 0.6 is 0 Å². The molecular formula is C26H27N3O8. The lowest BCUT2D eigenvalue weighted by Crippen LogP contribution is -2.48. The Labute approximate surface area is 211 Å². The van der Waals surface area contributed by atoms with Gasteiger partial charge in [0, 0.05) is 23.5 Å². The number of benzene rings is 2. The Hall–Kier alpha value is -4.06. The molecule has 0 bridgehead atoms. The number of aliphatic hydroxyl groups excluding tert-OH is 1. The Balaban J connectivity index is 1.41. The van der Waals surface area contributed by atoms with E-state index in [1.165, 1.54) is 0 Å². The summed E-state index contributed by atoms with van der Waals surface area (Å²) in [6.07, 6.45) is -2.82. The van der Waals surface area contributed by atoms with Crippen LogP contribution in [0, 0.1) is 0 Å². The first-order valence-corrected chi connectivity index (χ1v) is 11.6. The standard InChI is InChI=1S/C26H27N3O8/c27-17(10-14-6-2-1-3-7-14)25(33)37-23-21(31)26(34)36-22(23)20(13-30)35-24(32)18(28)11-15-12-29-19-9-5-4-8-16(15)19/h1-9,12,17-18,20,22-23,29-30H,10-11,13,27-28H2/t17-,18-,20-,22+,23?/m0/s1. The molecular weight excluding hydrogens is 482 g/mol. The third-order valence-electron chi connectivity index (χ3n) is 6.08. The molecule has 5 atom stereocenters. The van der Waals surface area contributed by atoms with Crippen molar-refractivity contribution in [3.05, 3.63) is 71.9 Å². The molecule has 2 heterocycles. The summed E-state index contributed by atoms with van der Waals surface area (Å²) in [7, 11) is 0. The molecule has 1 unspecified atom stereocenters. The van der Waals surface area contributed by atoms with Gasteiger partial charge in [-0.25, -0.2) is 4.79 Å². The Morgan fingerprint density at radius 3 is 2.38 bits per heavy atom. The lowest BCUT2D eigenvalue weighted by atomic mass is 10.0. The van der Waals surface area contributed by atoms with E-state index in [0.717, 1.165) is 22.0 Å². The van der Waals surface area contributed by atoms with Crippen molar-refractivity contribution in [1.82, 2.24) is 4.98 Å². The van der Waals surface area contributed by atoms with Crippen LogP contribution in [-0.4, -0.2) is 70.8 Å². The number of carbonyl (C=O) groups is 4. The molecule has 1 aliphatic heterocycles. The number of aromatic amines is 1. The first kappa shape index (κ1) is 26.0. The lowest BCUT2D eigenvalue weighted by molar-refractivity contribution is -0.174. The molecule has 6 N–H and O–H groups in total. The van der Waals surface area contributed by atoms with Crippen LogP contribution in [0.5, 0.6) is 0 Å². The maximum absolute atomic E-state index is 12.7. The predicted octanol–water partition coefficient (Wildman–Crippen LogP) is -0.0819. The molecule has 0 radical (unpaired) electrons. The minimum Gasteiger partial charge on any atom is -0.455 e. The van der Waals surface area contributed by atoms with Gasteiger partial charge in [0.15, 0.2) is 12.2 Å². The number of nitrogens with one attached hydrogen (secondary N) is 1. The number of cyclic esters (lactones) is 1. The number of ether oxygens (including phenoxy) is 3. The number of fused-ring (bicyclic) bond motifs is 1. The van der Waals surface area contributed by atoms with Crippen LogP contribution in [0.1, 0.15) is 11.1 Å².